The van der Waals surface area contributed by atoms with Gasteiger partial charge in [-0.05, 0) is 43.5 Å². The van der Waals surface area contributed by atoms with E-state index in [1.165, 1.54) is 23.1 Å². The van der Waals surface area contributed by atoms with Gasteiger partial charge in [0.15, 0.2) is 0 Å². The van der Waals surface area contributed by atoms with Crippen molar-refractivity contribution in [3.05, 3.63) is 51.8 Å². The summed E-state index contributed by atoms with van der Waals surface area (Å²) in [5.41, 5.74) is 4.83. The second-order valence-electron chi connectivity index (χ2n) is 7.73. The minimum Gasteiger partial charge on any atom is -0.322 e. The monoisotopic (exact) mass is 446 g/mol. The summed E-state index contributed by atoms with van der Waals surface area (Å²) >= 11 is 8.47. The molecular formula is C23H31ClN4OS. The zero-order valence-corrected chi connectivity index (χ0v) is 19.7. The van der Waals surface area contributed by atoms with Crippen molar-refractivity contribution in [2.45, 2.75) is 46.7 Å². The van der Waals surface area contributed by atoms with Crippen molar-refractivity contribution in [1.82, 2.24) is 14.7 Å². The molecule has 0 unspecified atom stereocenters. The zero-order valence-electron chi connectivity index (χ0n) is 18.1. The highest BCUT2D eigenvalue weighted by atomic mass is 35.5. The molecule has 5 nitrogen and oxygen atoms in total. The number of benzene rings is 1. The molecule has 1 saturated heterocycles. The van der Waals surface area contributed by atoms with Crippen molar-refractivity contribution in [2.75, 3.05) is 29.9 Å². The summed E-state index contributed by atoms with van der Waals surface area (Å²) in [6.07, 6.45) is 5.38. The van der Waals surface area contributed by atoms with E-state index in [1.807, 2.05) is 36.4 Å². The first kappa shape index (κ1) is 22.9. The van der Waals surface area contributed by atoms with Gasteiger partial charge >= 0.3 is 0 Å². The van der Waals surface area contributed by atoms with Gasteiger partial charge < -0.3 is 5.32 Å². The van der Waals surface area contributed by atoms with E-state index in [2.05, 4.69) is 34.4 Å². The molecule has 0 aliphatic carbocycles. The fraction of sp³-hybridized carbons (Fsp3) is 0.478. The maximum atomic E-state index is 12.5. The van der Waals surface area contributed by atoms with Crippen LogP contribution in [-0.2, 0) is 17.9 Å². The Morgan fingerprint density at radius 3 is 2.77 bits per heavy atom. The van der Waals surface area contributed by atoms with E-state index in [-0.39, 0.29) is 5.91 Å². The predicted molar refractivity (Wildman–Crippen MR) is 128 cm³/mol. The molecule has 1 fully saturated rings. The molecule has 7 heteroatoms. The molecule has 0 radical (unpaired) electrons. The van der Waals surface area contributed by atoms with Crippen molar-refractivity contribution in [3.63, 3.8) is 0 Å². The van der Waals surface area contributed by atoms with Gasteiger partial charge in [-0.3, -0.25) is 14.4 Å². The number of amides is 1. The van der Waals surface area contributed by atoms with Crippen molar-refractivity contribution >= 4 is 41.0 Å². The number of unbranched alkanes of at least 4 members (excludes halogenated alkanes) is 1. The summed E-state index contributed by atoms with van der Waals surface area (Å²) in [6.45, 7) is 10.1. The molecule has 0 bridgehead atoms. The van der Waals surface area contributed by atoms with Crippen LogP contribution in [0.5, 0.6) is 0 Å². The number of hydrogen-bond donors (Lipinski definition) is 1. The molecule has 1 aliphatic heterocycles. The molecule has 2 aromatic rings. The van der Waals surface area contributed by atoms with Crippen LogP contribution in [0, 0.1) is 13.8 Å². The molecule has 162 valence electrons. The number of carbonyl (C=O) groups excluding carboxylic acids is 1. The summed E-state index contributed by atoms with van der Waals surface area (Å²) < 4.78 is 1.81. The van der Waals surface area contributed by atoms with Gasteiger partial charge in [0.2, 0.25) is 5.91 Å². The molecule has 3 rings (SSSR count). The first-order valence-corrected chi connectivity index (χ1v) is 12.1. The lowest BCUT2D eigenvalue weighted by atomic mass is 10.1. The molecule has 0 atom stereocenters. The Bertz CT molecular complexity index is 903. The van der Waals surface area contributed by atoms with Crippen molar-refractivity contribution in [3.8, 4) is 0 Å². The highest BCUT2D eigenvalue weighted by Gasteiger charge is 2.13. The molecule has 0 spiro atoms. The normalized spacial score (nSPS) is 15.1. The van der Waals surface area contributed by atoms with Gasteiger partial charge in [0, 0.05) is 55.0 Å². The average Bonchev–Trinajstić information content (AvgIpc) is 3.00. The van der Waals surface area contributed by atoms with E-state index in [4.69, 9.17) is 11.6 Å². The van der Waals surface area contributed by atoms with E-state index in [0.717, 1.165) is 61.5 Å². The van der Waals surface area contributed by atoms with Crippen molar-refractivity contribution < 1.29 is 4.79 Å². The molecule has 30 heavy (non-hydrogen) atoms. The van der Waals surface area contributed by atoms with Crippen LogP contribution in [0.3, 0.4) is 0 Å². The number of halogens is 1. The maximum absolute atomic E-state index is 12.5. The molecule has 1 N–H and O–H groups in total. The molecule has 1 aromatic carbocycles. The van der Waals surface area contributed by atoms with Gasteiger partial charge in [0.25, 0.3) is 0 Å². The lowest BCUT2D eigenvalue weighted by molar-refractivity contribution is -0.111. The van der Waals surface area contributed by atoms with Crippen LogP contribution >= 0.6 is 23.4 Å². The summed E-state index contributed by atoms with van der Waals surface area (Å²) in [5.74, 6) is 2.25. The standard InChI is InChI=1S/C23H31ClN4OS/c1-4-5-10-28-23(24)20(18(3)26-28)7-9-22(29)25-21-8-6-19(15-17(21)2)16-27-11-13-30-14-12-27/h6-9,15H,4-5,10-14,16H2,1-3H3,(H,25,29)/b9-7+. The third kappa shape index (κ3) is 6.13. The number of rotatable bonds is 8. The van der Waals surface area contributed by atoms with Crippen LogP contribution in [0.1, 0.15) is 42.1 Å². The fourth-order valence-corrected chi connectivity index (χ4v) is 4.83. The van der Waals surface area contributed by atoms with Gasteiger partial charge in [-0.25, -0.2) is 0 Å². The Hall–Kier alpha value is -1.76. The van der Waals surface area contributed by atoms with Gasteiger partial charge in [-0.2, -0.15) is 16.9 Å². The Kier molecular flexibility index (Phi) is 8.42. The lowest BCUT2D eigenvalue weighted by Gasteiger charge is -2.26. The van der Waals surface area contributed by atoms with Crippen LogP contribution in [0.25, 0.3) is 6.08 Å². The van der Waals surface area contributed by atoms with Crippen LogP contribution in [0.4, 0.5) is 5.69 Å². The highest BCUT2D eigenvalue weighted by molar-refractivity contribution is 7.99. The topological polar surface area (TPSA) is 50.2 Å². The summed E-state index contributed by atoms with van der Waals surface area (Å²) in [6, 6.07) is 6.27. The number of carbonyl (C=O) groups is 1. The third-order valence-electron chi connectivity index (χ3n) is 5.29. The SMILES string of the molecule is CCCCn1nc(C)c(/C=C/C(=O)Nc2ccc(CN3CCSCC3)cc2C)c1Cl. The number of thioether (sulfide) groups is 1. The van der Waals surface area contributed by atoms with Crippen LogP contribution in [0.2, 0.25) is 5.15 Å². The number of anilines is 1. The smallest absolute Gasteiger partial charge is 0.248 e. The van der Waals surface area contributed by atoms with E-state index < -0.39 is 0 Å². The second-order valence-corrected chi connectivity index (χ2v) is 9.31. The predicted octanol–water partition coefficient (Wildman–Crippen LogP) is 5.15. The minimum atomic E-state index is -0.171. The van der Waals surface area contributed by atoms with E-state index in [1.54, 1.807) is 6.08 Å². The molecule has 1 aliphatic rings. The first-order valence-electron chi connectivity index (χ1n) is 10.6. The Morgan fingerprint density at radius 2 is 2.07 bits per heavy atom. The van der Waals surface area contributed by atoms with Crippen LogP contribution in [0.15, 0.2) is 24.3 Å². The molecular weight excluding hydrogens is 416 g/mol. The van der Waals surface area contributed by atoms with Crippen molar-refractivity contribution in [1.29, 1.82) is 0 Å². The van der Waals surface area contributed by atoms with E-state index in [9.17, 15) is 4.79 Å². The largest absolute Gasteiger partial charge is 0.322 e. The van der Waals surface area contributed by atoms with Gasteiger partial charge in [-0.15, -0.1) is 0 Å². The highest BCUT2D eigenvalue weighted by Crippen LogP contribution is 2.23. The summed E-state index contributed by atoms with van der Waals surface area (Å²) in [7, 11) is 0. The van der Waals surface area contributed by atoms with Crippen LogP contribution in [-0.4, -0.2) is 45.2 Å². The van der Waals surface area contributed by atoms with Crippen LogP contribution < -0.4 is 5.32 Å². The fourth-order valence-electron chi connectivity index (χ4n) is 3.53. The van der Waals surface area contributed by atoms with E-state index >= 15 is 0 Å². The quantitative estimate of drug-likeness (QED) is 0.569. The number of aromatic nitrogens is 2. The maximum Gasteiger partial charge on any atom is 0.248 e. The number of aryl methyl sites for hydroxylation is 3. The Balaban J connectivity index is 1.61. The number of nitrogens with zero attached hydrogens (tertiary/aromatic N) is 3. The minimum absolute atomic E-state index is 0.171. The van der Waals surface area contributed by atoms with Crippen molar-refractivity contribution in [2.24, 2.45) is 0 Å². The molecule has 1 amide bonds. The average molecular weight is 447 g/mol. The van der Waals surface area contributed by atoms with E-state index in [0.29, 0.717) is 5.15 Å². The first-order chi connectivity index (χ1) is 14.5. The molecule has 2 heterocycles. The Labute approximate surface area is 188 Å². The Morgan fingerprint density at radius 1 is 1.30 bits per heavy atom. The summed E-state index contributed by atoms with van der Waals surface area (Å²) in [5, 5.41) is 8.04. The van der Waals surface area contributed by atoms with Gasteiger partial charge in [-0.1, -0.05) is 37.1 Å². The molecule has 0 saturated carbocycles. The number of nitrogens with one attached hydrogen (secondary N) is 1. The molecule has 1 aromatic heterocycles. The summed E-state index contributed by atoms with van der Waals surface area (Å²) in [4.78, 5) is 14.9. The van der Waals surface area contributed by atoms with Gasteiger partial charge in [0.05, 0.1) is 5.69 Å². The van der Waals surface area contributed by atoms with Gasteiger partial charge in [0.1, 0.15) is 5.15 Å². The third-order valence-corrected chi connectivity index (χ3v) is 6.63. The zero-order chi connectivity index (χ0) is 21.5. The lowest BCUT2D eigenvalue weighted by Crippen LogP contribution is -2.31. The number of hydrogen-bond acceptors (Lipinski definition) is 4. The second kappa shape index (κ2) is 11.0.